The molecule has 1 saturated heterocycles. The fraction of sp³-hybridized carbons (Fsp3) is 0.750. The van der Waals surface area contributed by atoms with Crippen molar-refractivity contribution >= 4 is 22.2 Å². The minimum atomic E-state index is 0.202. The van der Waals surface area contributed by atoms with Crippen LogP contribution in [0, 0.1) is 6.92 Å². The van der Waals surface area contributed by atoms with E-state index >= 15 is 0 Å². The molecule has 0 radical (unpaired) electrons. The van der Waals surface area contributed by atoms with Crippen molar-refractivity contribution in [2.24, 2.45) is 0 Å². The molecule has 0 aliphatic carbocycles. The van der Waals surface area contributed by atoms with Gasteiger partial charge in [-0.1, -0.05) is 11.3 Å². The zero-order chi connectivity index (χ0) is 18.0. The van der Waals surface area contributed by atoms with Crippen molar-refractivity contribution in [3.05, 3.63) is 10.8 Å². The number of aryl methyl sites for hydroxylation is 2. The molecule has 3 heterocycles. The smallest absolute Gasteiger partial charge is 0.234 e. The van der Waals surface area contributed by atoms with Crippen LogP contribution in [0.1, 0.15) is 31.1 Å². The van der Waals surface area contributed by atoms with Gasteiger partial charge < -0.3 is 9.64 Å². The maximum atomic E-state index is 12.6. The van der Waals surface area contributed by atoms with Gasteiger partial charge in [0, 0.05) is 51.7 Å². The van der Waals surface area contributed by atoms with Gasteiger partial charge in [-0.3, -0.25) is 9.69 Å². The highest BCUT2D eigenvalue weighted by Crippen LogP contribution is 2.19. The Hall–Kier alpha value is -1.58. The second kappa shape index (κ2) is 7.76. The number of nitrogens with zero attached hydrogens (tertiary/aromatic N) is 6. The summed E-state index contributed by atoms with van der Waals surface area (Å²) in [5, 5.41) is 13.5. The number of aromatic nitrogens is 4. The van der Waals surface area contributed by atoms with Gasteiger partial charge in [-0.25, -0.2) is 0 Å². The molecule has 1 fully saturated rings. The van der Waals surface area contributed by atoms with Gasteiger partial charge in [0.2, 0.25) is 10.9 Å². The van der Waals surface area contributed by atoms with E-state index in [1.807, 2.05) is 11.8 Å². The normalized spacial score (nSPS) is 22.0. The van der Waals surface area contributed by atoms with Crippen LogP contribution in [0.25, 0.3) is 4.96 Å². The molecule has 8 nitrogen and oxygen atoms in total. The molecule has 0 spiro atoms. The SMILES string of the molecule is COCCN1C(C)CN(C(=O)CCc2nn3c(C)nnc3s2)CC1C. The topological polar surface area (TPSA) is 75.9 Å². The molecule has 0 N–H and O–H groups in total. The molecule has 2 unspecified atom stereocenters. The minimum Gasteiger partial charge on any atom is -0.383 e. The van der Waals surface area contributed by atoms with E-state index in [2.05, 4.69) is 34.0 Å². The first kappa shape index (κ1) is 18.2. The fourth-order valence-electron chi connectivity index (χ4n) is 3.43. The number of methoxy groups -OCH3 is 1. The maximum Gasteiger partial charge on any atom is 0.234 e. The number of hydrogen-bond acceptors (Lipinski definition) is 7. The molecule has 0 aromatic carbocycles. The van der Waals surface area contributed by atoms with E-state index in [0.29, 0.717) is 24.9 Å². The van der Waals surface area contributed by atoms with Gasteiger partial charge in [0.15, 0.2) is 5.82 Å². The average molecular weight is 366 g/mol. The van der Waals surface area contributed by atoms with E-state index in [1.165, 1.54) is 11.3 Å². The van der Waals surface area contributed by atoms with Gasteiger partial charge >= 0.3 is 0 Å². The molecule has 1 aliphatic heterocycles. The lowest BCUT2D eigenvalue weighted by atomic mass is 10.1. The summed E-state index contributed by atoms with van der Waals surface area (Å²) in [6.07, 6.45) is 1.14. The summed E-state index contributed by atoms with van der Waals surface area (Å²) >= 11 is 1.50. The summed E-state index contributed by atoms with van der Waals surface area (Å²) in [6, 6.07) is 0.694. The van der Waals surface area contributed by atoms with Crippen LogP contribution in [0.4, 0.5) is 0 Å². The van der Waals surface area contributed by atoms with Gasteiger partial charge in [-0.15, -0.1) is 10.2 Å². The van der Waals surface area contributed by atoms with Gasteiger partial charge in [0.1, 0.15) is 5.01 Å². The molecule has 2 atom stereocenters. The second-order valence-corrected chi connectivity index (χ2v) is 7.71. The van der Waals surface area contributed by atoms with Crippen LogP contribution in [0.5, 0.6) is 0 Å². The number of rotatable bonds is 6. The average Bonchev–Trinajstić information content (AvgIpc) is 3.13. The van der Waals surface area contributed by atoms with Crippen LogP contribution in [-0.4, -0.2) is 81.0 Å². The molecule has 0 saturated carbocycles. The van der Waals surface area contributed by atoms with Crippen LogP contribution in [0.15, 0.2) is 0 Å². The van der Waals surface area contributed by atoms with Gasteiger partial charge in [0.05, 0.1) is 6.61 Å². The first-order valence-corrected chi connectivity index (χ1v) is 9.51. The summed E-state index contributed by atoms with van der Waals surface area (Å²) < 4.78 is 6.93. The highest BCUT2D eigenvalue weighted by molar-refractivity contribution is 7.16. The molecule has 9 heteroatoms. The van der Waals surface area contributed by atoms with Crippen molar-refractivity contribution in [2.45, 2.75) is 45.7 Å². The second-order valence-electron chi connectivity index (χ2n) is 6.66. The standard InChI is InChI=1S/C16H26N6O2S/c1-11-9-20(10-12(2)21(11)7-8-24-4)15(23)6-5-14-19-22-13(3)17-18-16(22)25-14/h11-12H,5-10H2,1-4H3. The Bertz CT molecular complexity index is 717. The predicted molar refractivity (Wildman–Crippen MR) is 95.8 cm³/mol. The molecule has 1 amide bonds. The Morgan fingerprint density at radius 3 is 2.64 bits per heavy atom. The van der Waals surface area contributed by atoms with Crippen molar-refractivity contribution in [1.82, 2.24) is 29.6 Å². The zero-order valence-electron chi connectivity index (χ0n) is 15.3. The molecule has 2 aromatic heterocycles. The number of carbonyl (C=O) groups excluding carboxylic acids is 1. The molecule has 138 valence electrons. The van der Waals surface area contributed by atoms with E-state index in [0.717, 1.165) is 42.0 Å². The third-order valence-electron chi connectivity index (χ3n) is 4.75. The van der Waals surface area contributed by atoms with E-state index in [9.17, 15) is 4.79 Å². The third kappa shape index (κ3) is 3.99. The van der Waals surface area contributed by atoms with E-state index in [-0.39, 0.29) is 5.91 Å². The first-order valence-electron chi connectivity index (χ1n) is 8.69. The van der Waals surface area contributed by atoms with Crippen molar-refractivity contribution in [3.63, 3.8) is 0 Å². The lowest BCUT2D eigenvalue weighted by molar-refractivity contribution is -0.135. The highest BCUT2D eigenvalue weighted by Gasteiger charge is 2.31. The van der Waals surface area contributed by atoms with Crippen molar-refractivity contribution in [1.29, 1.82) is 0 Å². The van der Waals surface area contributed by atoms with Crippen LogP contribution in [-0.2, 0) is 16.0 Å². The molecule has 2 aromatic rings. The largest absolute Gasteiger partial charge is 0.383 e. The lowest BCUT2D eigenvalue weighted by Gasteiger charge is -2.44. The summed E-state index contributed by atoms with van der Waals surface area (Å²) in [5.74, 6) is 0.978. The Balaban J connectivity index is 1.54. The maximum absolute atomic E-state index is 12.6. The minimum absolute atomic E-state index is 0.202. The number of amides is 1. The van der Waals surface area contributed by atoms with Gasteiger partial charge in [-0.05, 0) is 20.8 Å². The summed E-state index contributed by atoms with van der Waals surface area (Å²) in [5.41, 5.74) is 0. The molecular weight excluding hydrogens is 340 g/mol. The number of hydrogen-bond donors (Lipinski definition) is 0. The quantitative estimate of drug-likeness (QED) is 0.759. The summed E-state index contributed by atoms with van der Waals surface area (Å²) in [7, 11) is 1.72. The van der Waals surface area contributed by atoms with Crippen molar-refractivity contribution in [2.75, 3.05) is 33.4 Å². The van der Waals surface area contributed by atoms with Crippen molar-refractivity contribution in [3.8, 4) is 0 Å². The van der Waals surface area contributed by atoms with Crippen LogP contribution in [0.2, 0.25) is 0 Å². The molecule has 25 heavy (non-hydrogen) atoms. The number of ether oxygens (including phenoxy) is 1. The molecule has 0 bridgehead atoms. The number of fused-ring (bicyclic) bond motifs is 1. The fourth-order valence-corrected chi connectivity index (χ4v) is 4.30. The Labute approximate surface area is 151 Å². The molecule has 1 aliphatic rings. The predicted octanol–water partition coefficient (Wildman–Crippen LogP) is 0.994. The van der Waals surface area contributed by atoms with E-state index in [1.54, 1.807) is 11.6 Å². The number of piperazine rings is 1. The Morgan fingerprint density at radius 2 is 2.00 bits per heavy atom. The van der Waals surface area contributed by atoms with Gasteiger partial charge in [-0.2, -0.15) is 9.61 Å². The van der Waals surface area contributed by atoms with Crippen LogP contribution in [0.3, 0.4) is 0 Å². The monoisotopic (exact) mass is 366 g/mol. The summed E-state index contributed by atoms with van der Waals surface area (Å²) in [4.78, 5) is 17.8. The van der Waals surface area contributed by atoms with Gasteiger partial charge in [0.25, 0.3) is 0 Å². The number of carbonyl (C=O) groups is 1. The summed E-state index contributed by atoms with van der Waals surface area (Å²) in [6.45, 7) is 9.42. The van der Waals surface area contributed by atoms with Crippen molar-refractivity contribution < 1.29 is 9.53 Å². The highest BCUT2D eigenvalue weighted by atomic mass is 32.1. The molecule has 3 rings (SSSR count). The van der Waals surface area contributed by atoms with Crippen LogP contribution < -0.4 is 0 Å². The lowest BCUT2D eigenvalue weighted by Crippen LogP contribution is -2.58. The Morgan fingerprint density at radius 1 is 1.28 bits per heavy atom. The Kier molecular flexibility index (Phi) is 5.65. The molecular formula is C16H26N6O2S. The first-order chi connectivity index (χ1) is 12.0. The van der Waals surface area contributed by atoms with E-state index < -0.39 is 0 Å². The van der Waals surface area contributed by atoms with E-state index in [4.69, 9.17) is 4.74 Å². The van der Waals surface area contributed by atoms with Crippen LogP contribution >= 0.6 is 11.3 Å². The third-order valence-corrected chi connectivity index (χ3v) is 5.71. The zero-order valence-corrected chi connectivity index (χ0v) is 16.1.